The molecule has 142 valence electrons. The summed E-state index contributed by atoms with van der Waals surface area (Å²) in [5, 5.41) is 9.74. The zero-order valence-electron chi connectivity index (χ0n) is 14.8. The first kappa shape index (κ1) is 19.0. The van der Waals surface area contributed by atoms with E-state index in [4.69, 9.17) is 0 Å². The van der Waals surface area contributed by atoms with Gasteiger partial charge >= 0.3 is 5.97 Å². The lowest BCUT2D eigenvalue weighted by Crippen LogP contribution is -2.42. The van der Waals surface area contributed by atoms with Gasteiger partial charge in [-0.2, -0.15) is 0 Å². The highest BCUT2D eigenvalue weighted by Gasteiger charge is 2.58. The molecule has 2 heterocycles. The number of aliphatic carboxylic acids is 1. The van der Waals surface area contributed by atoms with Crippen LogP contribution in [0.15, 0.2) is 30.3 Å². The molecule has 1 N–H and O–H groups in total. The number of likely N-dealkylation sites (tertiary alicyclic amines) is 1. The van der Waals surface area contributed by atoms with Crippen molar-refractivity contribution in [3.05, 3.63) is 35.9 Å². The van der Waals surface area contributed by atoms with Crippen LogP contribution >= 0.6 is 0 Å². The Labute approximate surface area is 153 Å². The number of sulfonamides is 1. The van der Waals surface area contributed by atoms with E-state index in [1.54, 1.807) is 12.1 Å². The number of hydrogen-bond acceptors (Lipinski definition) is 5. The number of carboxylic acids is 1. The molecule has 3 rings (SSSR count). The maximum absolute atomic E-state index is 12.2. The quantitative estimate of drug-likeness (QED) is 0.707. The fraction of sp³-hybridized carbons (Fsp3) is 0.556. The van der Waals surface area contributed by atoms with Crippen LogP contribution in [0.3, 0.4) is 0 Å². The number of carboxylic acid groups (broad SMARTS) is 1. The van der Waals surface area contributed by atoms with Crippen molar-refractivity contribution < 1.29 is 23.1 Å². The van der Waals surface area contributed by atoms with E-state index in [0.717, 1.165) is 6.26 Å². The fourth-order valence-electron chi connectivity index (χ4n) is 4.08. The van der Waals surface area contributed by atoms with Crippen LogP contribution in [-0.2, 0) is 14.8 Å². The second kappa shape index (κ2) is 7.09. The summed E-state index contributed by atoms with van der Waals surface area (Å²) in [6.45, 7) is 1.81. The number of fused-ring (bicyclic) bond motifs is 1. The average Bonchev–Trinajstić information content (AvgIpc) is 3.10. The van der Waals surface area contributed by atoms with Gasteiger partial charge in [0, 0.05) is 44.1 Å². The summed E-state index contributed by atoms with van der Waals surface area (Å²) < 4.78 is 24.8. The predicted molar refractivity (Wildman–Crippen MR) is 96.4 cm³/mol. The van der Waals surface area contributed by atoms with E-state index in [1.807, 2.05) is 18.2 Å². The highest BCUT2D eigenvalue weighted by atomic mass is 32.2. The molecule has 0 aliphatic carbocycles. The molecule has 1 aromatic rings. The Balaban J connectivity index is 1.57. The van der Waals surface area contributed by atoms with Gasteiger partial charge in [-0.05, 0) is 13.0 Å². The Morgan fingerprint density at radius 2 is 1.88 bits per heavy atom. The summed E-state index contributed by atoms with van der Waals surface area (Å²) in [7, 11) is -3.39. The van der Waals surface area contributed by atoms with E-state index < -0.39 is 21.4 Å². The Kier molecular flexibility index (Phi) is 5.18. The molecule has 26 heavy (non-hydrogen) atoms. The van der Waals surface area contributed by atoms with E-state index in [-0.39, 0.29) is 24.8 Å². The smallest absolute Gasteiger partial charge is 0.312 e. The fourth-order valence-corrected chi connectivity index (χ4v) is 5.00. The van der Waals surface area contributed by atoms with Crippen LogP contribution < -0.4 is 0 Å². The van der Waals surface area contributed by atoms with E-state index in [1.165, 1.54) is 4.31 Å². The lowest BCUT2D eigenvalue weighted by molar-refractivity contribution is -0.148. The number of nitrogens with zero attached hydrogens (tertiary/aromatic N) is 2. The third kappa shape index (κ3) is 3.67. The van der Waals surface area contributed by atoms with Crippen LogP contribution in [0.1, 0.15) is 23.2 Å². The van der Waals surface area contributed by atoms with Gasteiger partial charge in [0.15, 0.2) is 5.78 Å². The third-order valence-corrected chi connectivity index (χ3v) is 6.73. The van der Waals surface area contributed by atoms with Gasteiger partial charge in [-0.3, -0.25) is 9.59 Å². The summed E-state index contributed by atoms with van der Waals surface area (Å²) >= 11 is 0. The summed E-state index contributed by atoms with van der Waals surface area (Å²) in [5.41, 5.74) is -0.344. The van der Waals surface area contributed by atoms with Crippen molar-refractivity contribution in [2.24, 2.45) is 11.3 Å². The van der Waals surface area contributed by atoms with Crippen molar-refractivity contribution in [3.63, 3.8) is 0 Å². The monoisotopic (exact) mass is 380 g/mol. The number of rotatable bonds is 7. The second-order valence-corrected chi connectivity index (χ2v) is 9.32. The van der Waals surface area contributed by atoms with Crippen molar-refractivity contribution in [1.82, 2.24) is 9.21 Å². The van der Waals surface area contributed by atoms with Gasteiger partial charge in [0.25, 0.3) is 0 Å². The van der Waals surface area contributed by atoms with E-state index in [2.05, 4.69) is 4.90 Å². The molecule has 7 nitrogen and oxygen atoms in total. The largest absolute Gasteiger partial charge is 0.481 e. The maximum atomic E-state index is 12.2. The van der Waals surface area contributed by atoms with E-state index >= 15 is 0 Å². The molecule has 1 aromatic carbocycles. The van der Waals surface area contributed by atoms with Gasteiger partial charge in [0.05, 0.1) is 11.7 Å². The molecule has 0 radical (unpaired) electrons. The third-order valence-electron chi connectivity index (χ3n) is 5.52. The summed E-state index contributed by atoms with van der Waals surface area (Å²) in [6, 6.07) is 9.12. The van der Waals surface area contributed by atoms with Crippen LogP contribution in [0.2, 0.25) is 0 Å². The first-order valence-corrected chi connectivity index (χ1v) is 10.6. The van der Waals surface area contributed by atoms with Gasteiger partial charge < -0.3 is 10.0 Å². The number of ketones is 1. The molecule has 0 spiro atoms. The van der Waals surface area contributed by atoms with Crippen molar-refractivity contribution in [2.75, 3.05) is 39.0 Å². The van der Waals surface area contributed by atoms with Crippen molar-refractivity contribution in [1.29, 1.82) is 0 Å². The van der Waals surface area contributed by atoms with Gasteiger partial charge in [0.2, 0.25) is 10.0 Å². The number of carbonyl (C=O) groups excluding carboxylic acids is 1. The number of hydrogen-bond donors (Lipinski definition) is 1. The summed E-state index contributed by atoms with van der Waals surface area (Å²) in [4.78, 5) is 26.1. The lowest BCUT2D eigenvalue weighted by atomic mass is 9.81. The molecule has 0 aromatic heterocycles. The SMILES string of the molecule is CS(=O)(=O)N1C[C@H]2CN(CCCC(=O)c3ccccc3)C[C@@]2(C(=O)O)C1. The number of Topliss-reactive ketones (excluding diaryl/α,β-unsaturated/α-hetero) is 1. The average molecular weight is 380 g/mol. The molecule has 2 aliphatic heterocycles. The van der Waals surface area contributed by atoms with Crippen LogP contribution in [-0.4, -0.2) is 73.5 Å². The second-order valence-electron chi connectivity index (χ2n) is 7.34. The molecule has 2 saturated heterocycles. The van der Waals surface area contributed by atoms with Gasteiger partial charge in [-0.15, -0.1) is 0 Å². The van der Waals surface area contributed by atoms with Crippen molar-refractivity contribution >= 4 is 21.8 Å². The normalized spacial score (nSPS) is 26.7. The Hall–Kier alpha value is -1.77. The Bertz CT molecular complexity index is 795. The minimum atomic E-state index is -3.39. The maximum Gasteiger partial charge on any atom is 0.312 e. The highest BCUT2D eigenvalue weighted by molar-refractivity contribution is 7.88. The molecular formula is C18H24N2O5S. The molecule has 2 atom stereocenters. The Morgan fingerprint density at radius 3 is 2.46 bits per heavy atom. The highest BCUT2D eigenvalue weighted by Crippen LogP contribution is 2.43. The zero-order chi connectivity index (χ0) is 18.9. The van der Waals surface area contributed by atoms with E-state index in [9.17, 15) is 23.1 Å². The minimum absolute atomic E-state index is 0.0330. The molecule has 2 aliphatic rings. The first-order chi connectivity index (χ1) is 12.2. The minimum Gasteiger partial charge on any atom is -0.481 e. The van der Waals surface area contributed by atoms with Crippen LogP contribution in [0.4, 0.5) is 0 Å². The first-order valence-electron chi connectivity index (χ1n) is 8.71. The molecule has 8 heteroatoms. The molecule has 0 unspecified atom stereocenters. The predicted octanol–water partition coefficient (Wildman–Crippen LogP) is 0.927. The number of benzene rings is 1. The topological polar surface area (TPSA) is 95.0 Å². The molecular weight excluding hydrogens is 356 g/mol. The molecule has 2 fully saturated rings. The molecule has 0 saturated carbocycles. The summed E-state index contributed by atoms with van der Waals surface area (Å²) in [5.74, 6) is -1.06. The summed E-state index contributed by atoms with van der Waals surface area (Å²) in [6.07, 6.45) is 2.20. The van der Waals surface area contributed by atoms with E-state index in [0.29, 0.717) is 38.0 Å². The molecule has 0 amide bonds. The zero-order valence-corrected chi connectivity index (χ0v) is 15.6. The van der Waals surface area contributed by atoms with Gasteiger partial charge in [-0.25, -0.2) is 12.7 Å². The van der Waals surface area contributed by atoms with Crippen LogP contribution in [0.5, 0.6) is 0 Å². The van der Waals surface area contributed by atoms with Crippen molar-refractivity contribution in [3.8, 4) is 0 Å². The number of carbonyl (C=O) groups is 2. The van der Waals surface area contributed by atoms with Crippen LogP contribution in [0.25, 0.3) is 0 Å². The molecule has 0 bridgehead atoms. The Morgan fingerprint density at radius 1 is 1.19 bits per heavy atom. The van der Waals surface area contributed by atoms with Gasteiger partial charge in [-0.1, -0.05) is 30.3 Å². The van der Waals surface area contributed by atoms with Crippen LogP contribution in [0, 0.1) is 11.3 Å². The van der Waals surface area contributed by atoms with Crippen molar-refractivity contribution in [2.45, 2.75) is 12.8 Å². The standard InChI is InChI=1S/C18H24N2O5S/c1-26(24,25)20-11-15-10-19(12-18(15,13-20)17(22)23)9-5-8-16(21)14-6-3-2-4-7-14/h2-4,6-7,15H,5,8-13H2,1H3,(H,22,23)/t15-,18-/m1/s1. The van der Waals surface area contributed by atoms with Gasteiger partial charge in [0.1, 0.15) is 0 Å². The lowest BCUT2D eigenvalue weighted by Gasteiger charge is -2.24.